The van der Waals surface area contributed by atoms with Crippen molar-refractivity contribution < 1.29 is 23.5 Å². The first kappa shape index (κ1) is 22.2. The third kappa shape index (κ3) is 3.28. The van der Waals surface area contributed by atoms with Gasteiger partial charge in [0.25, 0.3) is 5.91 Å². The van der Waals surface area contributed by atoms with Crippen LogP contribution < -0.4 is 10.1 Å². The third-order valence-corrected chi connectivity index (χ3v) is 6.74. The van der Waals surface area contributed by atoms with Crippen molar-refractivity contribution in [3.05, 3.63) is 81.9 Å². The fourth-order valence-electron chi connectivity index (χ4n) is 4.81. The number of ketones is 1. The lowest BCUT2D eigenvalue weighted by atomic mass is 9.84. The van der Waals surface area contributed by atoms with Crippen LogP contribution in [0.3, 0.4) is 0 Å². The summed E-state index contributed by atoms with van der Waals surface area (Å²) in [6.45, 7) is 3.43. The molecule has 1 unspecified atom stereocenters. The molecule has 1 saturated heterocycles. The molecule has 174 valence electrons. The highest BCUT2D eigenvalue weighted by Crippen LogP contribution is 2.41. The number of hydrogen-bond acceptors (Lipinski definition) is 4. The highest BCUT2D eigenvalue weighted by Gasteiger charge is 2.55. The zero-order valence-electron chi connectivity index (χ0n) is 18.5. The van der Waals surface area contributed by atoms with Gasteiger partial charge in [0.15, 0.2) is 11.3 Å². The molecule has 3 aromatic rings. The van der Waals surface area contributed by atoms with Crippen LogP contribution >= 0.6 is 11.6 Å². The lowest BCUT2D eigenvalue weighted by Gasteiger charge is -2.33. The predicted octanol–water partition coefficient (Wildman–Crippen LogP) is 4.30. The maximum Gasteiger partial charge on any atom is 0.325 e. The van der Waals surface area contributed by atoms with Crippen LogP contribution in [0.5, 0.6) is 5.75 Å². The van der Waals surface area contributed by atoms with Crippen molar-refractivity contribution in [1.82, 2.24) is 14.8 Å². The van der Waals surface area contributed by atoms with E-state index in [2.05, 4.69) is 5.32 Å². The van der Waals surface area contributed by atoms with E-state index in [0.29, 0.717) is 28.3 Å². The van der Waals surface area contributed by atoms with Crippen LogP contribution in [0, 0.1) is 19.7 Å². The summed E-state index contributed by atoms with van der Waals surface area (Å²) in [5.41, 5.74) is 1.65. The Balaban J connectivity index is 1.44. The minimum Gasteiger partial charge on any atom is -0.493 e. The first-order valence-electron chi connectivity index (χ1n) is 10.8. The highest BCUT2D eigenvalue weighted by molar-refractivity contribution is 6.30. The molecule has 1 atom stereocenters. The Morgan fingerprint density at radius 1 is 1.18 bits per heavy atom. The van der Waals surface area contributed by atoms with E-state index in [-0.39, 0.29) is 23.8 Å². The van der Waals surface area contributed by atoms with Crippen molar-refractivity contribution in [1.29, 1.82) is 0 Å². The van der Waals surface area contributed by atoms with Gasteiger partial charge in [-0.1, -0.05) is 29.8 Å². The molecule has 3 amide bonds. The smallest absolute Gasteiger partial charge is 0.325 e. The van der Waals surface area contributed by atoms with E-state index in [4.69, 9.17) is 16.3 Å². The van der Waals surface area contributed by atoms with E-state index in [1.54, 1.807) is 47.9 Å². The summed E-state index contributed by atoms with van der Waals surface area (Å²) >= 11 is 5.94. The van der Waals surface area contributed by atoms with Gasteiger partial charge >= 0.3 is 6.03 Å². The SMILES string of the molecule is Cc1cc(C(=O)CN2C(=O)NC3(CCOc4ccccc43)C2=O)c(C)n1-c1ccc(F)c(Cl)c1. The fraction of sp³-hybridized carbons (Fsp3) is 0.240. The van der Waals surface area contributed by atoms with Gasteiger partial charge in [-0.05, 0) is 44.2 Å². The van der Waals surface area contributed by atoms with Gasteiger partial charge in [0, 0.05) is 34.6 Å². The third-order valence-electron chi connectivity index (χ3n) is 6.45. The average Bonchev–Trinajstić information content (AvgIpc) is 3.24. The zero-order chi connectivity index (χ0) is 24.2. The molecule has 34 heavy (non-hydrogen) atoms. The second-order valence-electron chi connectivity index (χ2n) is 8.46. The van der Waals surface area contributed by atoms with Crippen molar-refractivity contribution in [3.8, 4) is 11.4 Å². The summed E-state index contributed by atoms with van der Waals surface area (Å²) < 4.78 is 21.0. The van der Waals surface area contributed by atoms with Gasteiger partial charge in [-0.2, -0.15) is 0 Å². The number of urea groups is 1. The molecular formula is C25H21ClFN3O4. The summed E-state index contributed by atoms with van der Waals surface area (Å²) in [4.78, 5) is 40.5. The largest absolute Gasteiger partial charge is 0.493 e. The zero-order valence-corrected chi connectivity index (χ0v) is 19.3. The Kier molecular flexibility index (Phi) is 5.20. The molecule has 7 nitrogen and oxygen atoms in total. The summed E-state index contributed by atoms with van der Waals surface area (Å²) in [6.07, 6.45) is 0.277. The normalized spacial score (nSPS) is 19.2. The summed E-state index contributed by atoms with van der Waals surface area (Å²) in [5, 5.41) is 2.77. The number of aromatic nitrogens is 1. The monoisotopic (exact) mass is 481 g/mol. The van der Waals surface area contributed by atoms with Crippen LogP contribution in [-0.2, 0) is 10.3 Å². The van der Waals surface area contributed by atoms with Gasteiger partial charge in [-0.3, -0.25) is 14.5 Å². The number of para-hydroxylation sites is 1. The molecule has 0 radical (unpaired) electrons. The van der Waals surface area contributed by atoms with Crippen molar-refractivity contribution in [2.45, 2.75) is 25.8 Å². The Bertz CT molecular complexity index is 1370. The number of carbonyl (C=O) groups excluding carboxylic acids is 3. The quantitative estimate of drug-likeness (QED) is 0.445. The molecule has 2 aromatic carbocycles. The molecule has 2 aliphatic rings. The van der Waals surface area contributed by atoms with Crippen LogP contribution in [0.1, 0.15) is 33.7 Å². The molecule has 0 saturated carbocycles. The van der Waals surface area contributed by atoms with Crippen molar-refractivity contribution in [3.63, 3.8) is 0 Å². The lowest BCUT2D eigenvalue weighted by molar-refractivity contribution is -0.132. The molecule has 0 aliphatic carbocycles. The fourth-order valence-corrected chi connectivity index (χ4v) is 4.99. The molecule has 1 fully saturated rings. The molecule has 5 rings (SSSR count). The number of amides is 3. The molecular weight excluding hydrogens is 461 g/mol. The average molecular weight is 482 g/mol. The number of halogens is 2. The van der Waals surface area contributed by atoms with E-state index in [1.807, 2.05) is 6.92 Å². The highest BCUT2D eigenvalue weighted by atomic mass is 35.5. The van der Waals surface area contributed by atoms with E-state index >= 15 is 0 Å². The van der Waals surface area contributed by atoms with Gasteiger partial charge in [0.05, 0.1) is 18.2 Å². The summed E-state index contributed by atoms with van der Waals surface area (Å²) in [7, 11) is 0. The van der Waals surface area contributed by atoms with E-state index in [1.165, 1.54) is 12.1 Å². The standard InChI is InChI=1S/C25H21ClFN3O4/c1-14-11-17(15(2)30(14)16-7-8-20(27)19(26)12-16)21(31)13-29-23(32)25(28-24(29)33)9-10-34-22-6-4-3-5-18(22)25/h3-8,11-12H,9-10,13H2,1-2H3,(H,28,33). The van der Waals surface area contributed by atoms with Crippen LogP contribution in [0.2, 0.25) is 5.02 Å². The number of aryl methyl sites for hydroxylation is 1. The Labute approximate surface area is 200 Å². The van der Waals surface area contributed by atoms with Crippen molar-refractivity contribution in [2.24, 2.45) is 0 Å². The lowest BCUT2D eigenvalue weighted by Crippen LogP contribution is -2.47. The van der Waals surface area contributed by atoms with Crippen LogP contribution in [-0.4, -0.2) is 40.3 Å². The second-order valence-corrected chi connectivity index (χ2v) is 8.87. The van der Waals surface area contributed by atoms with Crippen molar-refractivity contribution in [2.75, 3.05) is 13.2 Å². The second kappa shape index (κ2) is 7.99. The molecule has 1 N–H and O–H groups in total. The molecule has 3 heterocycles. The predicted molar refractivity (Wildman–Crippen MR) is 123 cm³/mol. The number of nitrogens with zero attached hydrogens (tertiary/aromatic N) is 2. The number of rotatable bonds is 4. The molecule has 1 spiro atoms. The van der Waals surface area contributed by atoms with Gasteiger partial charge in [0.2, 0.25) is 0 Å². The number of hydrogen-bond donors (Lipinski definition) is 1. The maximum absolute atomic E-state index is 13.6. The van der Waals surface area contributed by atoms with Gasteiger partial charge in [-0.15, -0.1) is 0 Å². The minimum absolute atomic E-state index is 0.0285. The van der Waals surface area contributed by atoms with E-state index in [9.17, 15) is 18.8 Å². The number of benzene rings is 2. The number of Topliss-reactive ketones (excluding diaryl/α,β-unsaturated/α-hetero) is 1. The minimum atomic E-state index is -1.24. The maximum atomic E-state index is 13.6. The van der Waals surface area contributed by atoms with Crippen molar-refractivity contribution >= 4 is 29.3 Å². The van der Waals surface area contributed by atoms with Crippen LogP contribution in [0.25, 0.3) is 5.69 Å². The molecule has 9 heteroatoms. The summed E-state index contributed by atoms with van der Waals surface area (Å²) in [5.74, 6) is -0.849. The topological polar surface area (TPSA) is 80.6 Å². The van der Waals surface area contributed by atoms with Gasteiger partial charge < -0.3 is 14.6 Å². The first-order chi connectivity index (χ1) is 16.2. The van der Waals surface area contributed by atoms with E-state index < -0.39 is 29.8 Å². The first-order valence-corrected chi connectivity index (χ1v) is 11.1. The number of carbonyl (C=O) groups is 3. The molecule has 2 aliphatic heterocycles. The Morgan fingerprint density at radius 2 is 1.94 bits per heavy atom. The van der Waals surface area contributed by atoms with Crippen LogP contribution in [0.15, 0.2) is 48.5 Å². The number of imide groups is 1. The number of fused-ring (bicyclic) bond motifs is 2. The van der Waals surface area contributed by atoms with Crippen LogP contribution in [0.4, 0.5) is 9.18 Å². The van der Waals surface area contributed by atoms with E-state index in [0.717, 1.165) is 10.6 Å². The van der Waals surface area contributed by atoms with Gasteiger partial charge in [0.1, 0.15) is 11.6 Å². The summed E-state index contributed by atoms with van der Waals surface area (Å²) in [6, 6.07) is 12.5. The van der Waals surface area contributed by atoms with Gasteiger partial charge in [-0.25, -0.2) is 9.18 Å². The molecule has 0 bridgehead atoms. The Hall–Kier alpha value is -3.65. The molecule has 1 aromatic heterocycles. The number of ether oxygens (including phenoxy) is 1. The number of nitrogens with one attached hydrogen (secondary N) is 1. The Morgan fingerprint density at radius 3 is 2.71 bits per heavy atom.